The molecule has 0 spiro atoms. The number of nitrogens with zero attached hydrogens (tertiary/aromatic N) is 2. The Bertz CT molecular complexity index is 491. The zero-order valence-electron chi connectivity index (χ0n) is 10.9. The second-order valence-electron chi connectivity index (χ2n) is 4.31. The van der Waals surface area contributed by atoms with Crippen molar-refractivity contribution in [2.24, 2.45) is 5.92 Å². The fraction of sp³-hybridized carbons (Fsp3) is 0.583. The van der Waals surface area contributed by atoms with Crippen molar-refractivity contribution in [3.63, 3.8) is 0 Å². The minimum absolute atomic E-state index is 0.238. The largest absolute Gasteiger partial charge is 0.262 e. The van der Waals surface area contributed by atoms with Crippen LogP contribution in [-0.4, -0.2) is 30.8 Å². The highest BCUT2D eigenvalue weighted by molar-refractivity contribution is 9.10. The molecule has 0 amide bonds. The standard InChI is InChI=1S/C12H19BrN2O2S/c1-4-10(3)9-15(5-2)18(16,17)12-6-11(13)7-14-8-12/h6-8,10H,4-5,9H2,1-3H3. The van der Waals surface area contributed by atoms with Gasteiger partial charge in [0.25, 0.3) is 0 Å². The zero-order chi connectivity index (χ0) is 13.8. The number of pyridine rings is 1. The van der Waals surface area contributed by atoms with Crippen molar-refractivity contribution in [3.05, 3.63) is 22.9 Å². The lowest BCUT2D eigenvalue weighted by molar-refractivity contribution is 0.361. The fourth-order valence-electron chi connectivity index (χ4n) is 1.56. The van der Waals surface area contributed by atoms with E-state index in [-0.39, 0.29) is 4.90 Å². The van der Waals surface area contributed by atoms with Crippen LogP contribution in [0.5, 0.6) is 0 Å². The van der Waals surface area contributed by atoms with E-state index in [9.17, 15) is 8.42 Å². The van der Waals surface area contributed by atoms with Crippen LogP contribution < -0.4 is 0 Å². The summed E-state index contributed by atoms with van der Waals surface area (Å²) in [5.74, 6) is 0.347. The first kappa shape index (κ1) is 15.6. The van der Waals surface area contributed by atoms with Crippen LogP contribution in [0, 0.1) is 5.92 Å². The third-order valence-electron chi connectivity index (χ3n) is 2.88. The first-order chi connectivity index (χ1) is 8.41. The predicted octanol–water partition coefficient (Wildman–Crippen LogP) is 2.90. The fourth-order valence-corrected chi connectivity index (χ4v) is 3.63. The molecule has 0 saturated heterocycles. The minimum atomic E-state index is -3.44. The molecule has 102 valence electrons. The van der Waals surface area contributed by atoms with Gasteiger partial charge in [-0.3, -0.25) is 4.98 Å². The third-order valence-corrected chi connectivity index (χ3v) is 5.22. The average molecular weight is 335 g/mol. The lowest BCUT2D eigenvalue weighted by atomic mass is 10.1. The van der Waals surface area contributed by atoms with E-state index in [1.165, 1.54) is 10.5 Å². The van der Waals surface area contributed by atoms with Crippen LogP contribution in [0.2, 0.25) is 0 Å². The van der Waals surface area contributed by atoms with Gasteiger partial charge in [0.15, 0.2) is 0 Å². The minimum Gasteiger partial charge on any atom is -0.262 e. The summed E-state index contributed by atoms with van der Waals surface area (Å²) >= 11 is 3.24. The van der Waals surface area contributed by atoms with Gasteiger partial charge in [-0.15, -0.1) is 0 Å². The van der Waals surface area contributed by atoms with Crippen LogP contribution >= 0.6 is 15.9 Å². The van der Waals surface area contributed by atoms with E-state index < -0.39 is 10.0 Å². The Morgan fingerprint density at radius 2 is 2.06 bits per heavy atom. The summed E-state index contributed by atoms with van der Waals surface area (Å²) in [5.41, 5.74) is 0. The smallest absolute Gasteiger partial charge is 0.244 e. The molecular weight excluding hydrogens is 316 g/mol. The van der Waals surface area contributed by atoms with E-state index in [1.807, 2.05) is 6.92 Å². The molecule has 1 atom stereocenters. The van der Waals surface area contributed by atoms with Gasteiger partial charge in [-0.25, -0.2) is 8.42 Å². The molecule has 6 heteroatoms. The van der Waals surface area contributed by atoms with Gasteiger partial charge in [0.2, 0.25) is 10.0 Å². The maximum Gasteiger partial charge on any atom is 0.244 e. The van der Waals surface area contributed by atoms with Crippen molar-refractivity contribution in [2.75, 3.05) is 13.1 Å². The molecule has 0 bridgehead atoms. The summed E-state index contributed by atoms with van der Waals surface area (Å²) in [7, 11) is -3.44. The quantitative estimate of drug-likeness (QED) is 0.803. The number of hydrogen-bond donors (Lipinski definition) is 0. The normalized spacial score (nSPS) is 13.8. The molecule has 0 aromatic carbocycles. The van der Waals surface area contributed by atoms with E-state index in [2.05, 4.69) is 34.8 Å². The van der Waals surface area contributed by atoms with Crippen molar-refractivity contribution < 1.29 is 8.42 Å². The topological polar surface area (TPSA) is 50.3 Å². The lowest BCUT2D eigenvalue weighted by Crippen LogP contribution is -2.34. The molecule has 1 heterocycles. The maximum atomic E-state index is 12.4. The summed E-state index contributed by atoms with van der Waals surface area (Å²) in [4.78, 5) is 4.15. The second kappa shape index (κ2) is 6.63. The summed E-state index contributed by atoms with van der Waals surface area (Å²) in [6.07, 6.45) is 3.92. The van der Waals surface area contributed by atoms with Crippen LogP contribution in [-0.2, 0) is 10.0 Å². The Balaban J connectivity index is 3.03. The lowest BCUT2D eigenvalue weighted by Gasteiger charge is -2.23. The highest BCUT2D eigenvalue weighted by Crippen LogP contribution is 2.20. The van der Waals surface area contributed by atoms with Gasteiger partial charge in [0, 0.05) is 30.0 Å². The first-order valence-electron chi connectivity index (χ1n) is 6.02. The van der Waals surface area contributed by atoms with Gasteiger partial charge in [-0.1, -0.05) is 27.2 Å². The molecule has 0 aliphatic rings. The summed E-state index contributed by atoms with van der Waals surface area (Å²) in [5, 5.41) is 0. The Kier molecular flexibility index (Phi) is 5.75. The molecule has 1 aromatic heterocycles. The van der Waals surface area contributed by atoms with Crippen LogP contribution in [0.4, 0.5) is 0 Å². The number of hydrogen-bond acceptors (Lipinski definition) is 3. The number of halogens is 1. The SMILES string of the molecule is CCC(C)CN(CC)S(=O)(=O)c1cncc(Br)c1. The van der Waals surface area contributed by atoms with Gasteiger partial charge in [0.1, 0.15) is 4.90 Å². The Labute approximate surface area is 118 Å². The van der Waals surface area contributed by atoms with E-state index in [0.29, 0.717) is 23.5 Å². The van der Waals surface area contributed by atoms with Gasteiger partial charge >= 0.3 is 0 Å². The average Bonchev–Trinajstić information content (AvgIpc) is 2.35. The van der Waals surface area contributed by atoms with Crippen molar-refractivity contribution >= 4 is 26.0 Å². The Morgan fingerprint density at radius 3 is 2.56 bits per heavy atom. The molecule has 0 N–H and O–H groups in total. The number of sulfonamides is 1. The molecule has 0 saturated carbocycles. The highest BCUT2D eigenvalue weighted by Gasteiger charge is 2.24. The van der Waals surface area contributed by atoms with Gasteiger partial charge in [0.05, 0.1) is 0 Å². The molecule has 1 aromatic rings. The molecule has 0 radical (unpaired) electrons. The van der Waals surface area contributed by atoms with Crippen LogP contribution in [0.3, 0.4) is 0 Å². The molecule has 18 heavy (non-hydrogen) atoms. The molecule has 0 aliphatic heterocycles. The molecule has 1 unspecified atom stereocenters. The van der Waals surface area contributed by atoms with Crippen LogP contribution in [0.25, 0.3) is 0 Å². The maximum absolute atomic E-state index is 12.4. The molecule has 1 rings (SSSR count). The second-order valence-corrected chi connectivity index (χ2v) is 7.16. The predicted molar refractivity (Wildman–Crippen MR) is 75.8 cm³/mol. The summed E-state index contributed by atoms with van der Waals surface area (Å²) in [6, 6.07) is 1.58. The van der Waals surface area contributed by atoms with Gasteiger partial charge in [-0.05, 0) is 27.9 Å². The van der Waals surface area contributed by atoms with Gasteiger partial charge < -0.3 is 0 Å². The first-order valence-corrected chi connectivity index (χ1v) is 8.25. The van der Waals surface area contributed by atoms with Crippen molar-refractivity contribution in [1.82, 2.24) is 9.29 Å². The number of aromatic nitrogens is 1. The van der Waals surface area contributed by atoms with Crippen LogP contribution in [0.15, 0.2) is 27.8 Å². The number of rotatable bonds is 6. The zero-order valence-corrected chi connectivity index (χ0v) is 13.3. The Hall–Kier alpha value is -0.460. The molecular formula is C12H19BrN2O2S. The highest BCUT2D eigenvalue weighted by atomic mass is 79.9. The van der Waals surface area contributed by atoms with E-state index >= 15 is 0 Å². The van der Waals surface area contributed by atoms with E-state index in [0.717, 1.165) is 6.42 Å². The Morgan fingerprint density at radius 1 is 1.39 bits per heavy atom. The molecule has 0 aliphatic carbocycles. The van der Waals surface area contributed by atoms with Crippen molar-refractivity contribution in [3.8, 4) is 0 Å². The van der Waals surface area contributed by atoms with E-state index in [4.69, 9.17) is 0 Å². The monoisotopic (exact) mass is 334 g/mol. The summed E-state index contributed by atoms with van der Waals surface area (Å²) in [6.45, 7) is 6.98. The van der Waals surface area contributed by atoms with Crippen LogP contribution in [0.1, 0.15) is 27.2 Å². The van der Waals surface area contributed by atoms with Crippen molar-refractivity contribution in [1.29, 1.82) is 0 Å². The van der Waals surface area contributed by atoms with E-state index in [1.54, 1.807) is 12.3 Å². The summed E-state index contributed by atoms with van der Waals surface area (Å²) < 4.78 is 27.0. The van der Waals surface area contributed by atoms with Gasteiger partial charge in [-0.2, -0.15) is 4.31 Å². The third kappa shape index (κ3) is 3.76. The molecule has 4 nitrogen and oxygen atoms in total. The van der Waals surface area contributed by atoms with Crippen molar-refractivity contribution in [2.45, 2.75) is 32.1 Å². The molecule has 0 fully saturated rings.